The Hall–Kier alpha value is -1.51. The highest BCUT2D eigenvalue weighted by Gasteiger charge is 2.10. The molecule has 0 aromatic heterocycles. The fourth-order valence-corrected chi connectivity index (χ4v) is 2.17. The van der Waals surface area contributed by atoms with E-state index in [0.29, 0.717) is 17.1 Å². The van der Waals surface area contributed by atoms with Gasteiger partial charge in [0, 0.05) is 17.1 Å². The van der Waals surface area contributed by atoms with Crippen molar-refractivity contribution < 1.29 is 5.11 Å². The van der Waals surface area contributed by atoms with Crippen LogP contribution in [0.15, 0.2) is 42.5 Å². The highest BCUT2D eigenvalue weighted by molar-refractivity contribution is 6.31. The maximum Gasteiger partial charge on any atom is 0.0830 e. The van der Waals surface area contributed by atoms with Gasteiger partial charge in [-0.15, -0.1) is 0 Å². The minimum atomic E-state index is -0.564. The van der Waals surface area contributed by atoms with Crippen LogP contribution in [0.25, 0.3) is 0 Å². The van der Waals surface area contributed by atoms with Crippen LogP contribution in [0, 0.1) is 6.92 Å². The van der Waals surface area contributed by atoms with E-state index < -0.39 is 6.10 Å². The molecule has 1 unspecified atom stereocenters. The van der Waals surface area contributed by atoms with E-state index in [2.05, 4.69) is 0 Å². The minimum absolute atomic E-state index is 0.503. The van der Waals surface area contributed by atoms with Crippen LogP contribution < -0.4 is 5.73 Å². The molecule has 1 atom stereocenters. The Balaban J connectivity index is 2.15. The van der Waals surface area contributed by atoms with Gasteiger partial charge in [-0.3, -0.25) is 0 Å². The third-order valence-corrected chi connectivity index (χ3v) is 3.29. The van der Waals surface area contributed by atoms with Gasteiger partial charge in [-0.25, -0.2) is 0 Å². The molecule has 0 radical (unpaired) electrons. The van der Waals surface area contributed by atoms with E-state index in [9.17, 15) is 5.11 Å². The zero-order chi connectivity index (χ0) is 13.1. The molecule has 0 aliphatic heterocycles. The summed E-state index contributed by atoms with van der Waals surface area (Å²) in [6, 6.07) is 13.1. The maximum atomic E-state index is 10.2. The van der Waals surface area contributed by atoms with Gasteiger partial charge >= 0.3 is 0 Å². The second-order valence-electron chi connectivity index (χ2n) is 4.48. The number of benzene rings is 2. The number of nitrogen functional groups attached to an aromatic ring is 1. The smallest absolute Gasteiger partial charge is 0.0830 e. The lowest BCUT2D eigenvalue weighted by Crippen LogP contribution is -2.02. The number of aryl methyl sites for hydroxylation is 1. The largest absolute Gasteiger partial charge is 0.399 e. The molecule has 0 saturated heterocycles. The standard InChI is InChI=1S/C15H16ClNO/c1-10-2-3-12(14(16)8-10)9-15(18)11-4-6-13(17)7-5-11/h2-8,15,18H,9,17H2,1H3. The lowest BCUT2D eigenvalue weighted by molar-refractivity contribution is 0.178. The molecule has 0 heterocycles. The van der Waals surface area contributed by atoms with Crippen molar-refractivity contribution >= 4 is 17.3 Å². The van der Waals surface area contributed by atoms with Gasteiger partial charge in [0.1, 0.15) is 0 Å². The molecule has 0 amide bonds. The van der Waals surface area contributed by atoms with E-state index in [0.717, 1.165) is 16.7 Å². The zero-order valence-electron chi connectivity index (χ0n) is 10.2. The summed E-state index contributed by atoms with van der Waals surface area (Å²) in [5, 5.41) is 10.9. The van der Waals surface area contributed by atoms with Crippen LogP contribution in [-0.4, -0.2) is 5.11 Å². The molecule has 3 heteroatoms. The van der Waals surface area contributed by atoms with E-state index in [-0.39, 0.29) is 0 Å². The van der Waals surface area contributed by atoms with Crippen LogP contribution in [0.1, 0.15) is 22.8 Å². The minimum Gasteiger partial charge on any atom is -0.399 e. The average molecular weight is 262 g/mol. The highest BCUT2D eigenvalue weighted by Crippen LogP contribution is 2.24. The number of rotatable bonds is 3. The molecular weight excluding hydrogens is 246 g/mol. The van der Waals surface area contributed by atoms with E-state index in [1.54, 1.807) is 12.1 Å². The van der Waals surface area contributed by atoms with Gasteiger partial charge in [0.05, 0.1) is 6.10 Å². The fourth-order valence-electron chi connectivity index (χ4n) is 1.86. The molecule has 0 spiro atoms. The molecule has 3 N–H and O–H groups in total. The van der Waals surface area contributed by atoms with Crippen LogP contribution in [0.2, 0.25) is 5.02 Å². The number of aliphatic hydroxyl groups is 1. The van der Waals surface area contributed by atoms with Gasteiger partial charge in [0.25, 0.3) is 0 Å². The molecule has 0 saturated carbocycles. The Morgan fingerprint density at radius 3 is 2.44 bits per heavy atom. The van der Waals surface area contributed by atoms with Crippen LogP contribution in [0.3, 0.4) is 0 Å². The van der Waals surface area contributed by atoms with Gasteiger partial charge in [-0.05, 0) is 41.8 Å². The molecule has 94 valence electrons. The number of hydrogen-bond acceptors (Lipinski definition) is 2. The third-order valence-electron chi connectivity index (χ3n) is 2.94. The number of anilines is 1. The molecule has 0 aliphatic carbocycles. The normalized spacial score (nSPS) is 12.4. The number of hydrogen-bond donors (Lipinski definition) is 2. The van der Waals surface area contributed by atoms with Gasteiger partial charge in [0.15, 0.2) is 0 Å². The number of nitrogens with two attached hydrogens (primary N) is 1. The summed E-state index contributed by atoms with van der Waals surface area (Å²) in [4.78, 5) is 0. The fraction of sp³-hybridized carbons (Fsp3) is 0.200. The Morgan fingerprint density at radius 2 is 1.83 bits per heavy atom. The average Bonchev–Trinajstić information content (AvgIpc) is 2.33. The van der Waals surface area contributed by atoms with E-state index in [1.165, 1.54) is 0 Å². The summed E-state index contributed by atoms with van der Waals surface area (Å²) in [7, 11) is 0. The topological polar surface area (TPSA) is 46.2 Å². The first-order chi connectivity index (χ1) is 8.56. The van der Waals surface area contributed by atoms with Crippen molar-refractivity contribution in [3.8, 4) is 0 Å². The summed E-state index contributed by atoms with van der Waals surface area (Å²) in [5.74, 6) is 0. The molecule has 2 aromatic carbocycles. The molecule has 18 heavy (non-hydrogen) atoms. The monoisotopic (exact) mass is 261 g/mol. The number of aliphatic hydroxyl groups excluding tert-OH is 1. The Labute approximate surface area is 112 Å². The SMILES string of the molecule is Cc1ccc(CC(O)c2ccc(N)cc2)c(Cl)c1. The van der Waals surface area contributed by atoms with Crippen molar-refractivity contribution in [2.45, 2.75) is 19.4 Å². The van der Waals surface area contributed by atoms with Crippen molar-refractivity contribution in [3.63, 3.8) is 0 Å². The van der Waals surface area contributed by atoms with Crippen molar-refractivity contribution in [2.24, 2.45) is 0 Å². The zero-order valence-corrected chi connectivity index (χ0v) is 11.0. The first-order valence-corrected chi connectivity index (χ1v) is 6.22. The van der Waals surface area contributed by atoms with E-state index in [4.69, 9.17) is 17.3 Å². The third kappa shape index (κ3) is 3.03. The van der Waals surface area contributed by atoms with Crippen LogP contribution in [-0.2, 0) is 6.42 Å². The van der Waals surface area contributed by atoms with Gasteiger partial charge in [0.2, 0.25) is 0 Å². The van der Waals surface area contributed by atoms with Crippen molar-refractivity contribution in [3.05, 3.63) is 64.2 Å². The molecule has 0 fully saturated rings. The Morgan fingerprint density at radius 1 is 1.17 bits per heavy atom. The summed E-state index contributed by atoms with van der Waals surface area (Å²) < 4.78 is 0. The Kier molecular flexibility index (Phi) is 3.90. The molecule has 0 bridgehead atoms. The van der Waals surface area contributed by atoms with Crippen LogP contribution in [0.5, 0.6) is 0 Å². The summed E-state index contributed by atoms with van der Waals surface area (Å²) in [5.41, 5.74) is 9.23. The quantitative estimate of drug-likeness (QED) is 0.831. The summed E-state index contributed by atoms with van der Waals surface area (Å²) >= 11 is 6.16. The van der Waals surface area contributed by atoms with Crippen molar-refractivity contribution in [2.75, 3.05) is 5.73 Å². The van der Waals surface area contributed by atoms with Gasteiger partial charge < -0.3 is 10.8 Å². The molecule has 2 aromatic rings. The van der Waals surface area contributed by atoms with E-state index >= 15 is 0 Å². The first kappa shape index (κ1) is 12.9. The highest BCUT2D eigenvalue weighted by atomic mass is 35.5. The molecule has 2 nitrogen and oxygen atoms in total. The molecular formula is C15H16ClNO. The van der Waals surface area contributed by atoms with Crippen molar-refractivity contribution in [1.82, 2.24) is 0 Å². The number of halogens is 1. The maximum absolute atomic E-state index is 10.2. The van der Waals surface area contributed by atoms with E-state index in [1.807, 2.05) is 37.3 Å². The van der Waals surface area contributed by atoms with Crippen molar-refractivity contribution in [1.29, 1.82) is 0 Å². The Bertz CT molecular complexity index is 537. The lowest BCUT2D eigenvalue weighted by atomic mass is 10.0. The van der Waals surface area contributed by atoms with Gasteiger partial charge in [-0.1, -0.05) is 35.9 Å². The van der Waals surface area contributed by atoms with Crippen LogP contribution in [0.4, 0.5) is 5.69 Å². The predicted molar refractivity (Wildman–Crippen MR) is 75.7 cm³/mol. The first-order valence-electron chi connectivity index (χ1n) is 5.85. The molecule has 0 aliphatic rings. The lowest BCUT2D eigenvalue weighted by Gasteiger charge is -2.13. The van der Waals surface area contributed by atoms with Crippen LogP contribution >= 0.6 is 11.6 Å². The second kappa shape index (κ2) is 5.42. The van der Waals surface area contributed by atoms with Gasteiger partial charge in [-0.2, -0.15) is 0 Å². The second-order valence-corrected chi connectivity index (χ2v) is 4.89. The summed E-state index contributed by atoms with van der Waals surface area (Å²) in [6.07, 6.45) is -0.0611. The molecule has 2 rings (SSSR count). The predicted octanol–water partition coefficient (Wildman–Crippen LogP) is 3.51. The summed E-state index contributed by atoms with van der Waals surface area (Å²) in [6.45, 7) is 1.99.